The number of hydrogen-bond donors (Lipinski definition) is 0. The first-order chi connectivity index (χ1) is 6.88. The summed E-state index contributed by atoms with van der Waals surface area (Å²) in [6.07, 6.45) is 1.75. The fourth-order valence-corrected chi connectivity index (χ4v) is 2.19. The molecule has 0 aromatic carbocycles. The maximum absolute atomic E-state index is 5.84. The fourth-order valence-electron chi connectivity index (χ4n) is 0.976. The summed E-state index contributed by atoms with van der Waals surface area (Å²) in [6.45, 7) is 8.26. The molecule has 0 bridgehead atoms. The monoisotopic (exact) mass is 310 g/mol. The molecule has 1 rings (SSSR count). The summed E-state index contributed by atoms with van der Waals surface area (Å²) in [4.78, 5) is 0. The van der Waals surface area contributed by atoms with Gasteiger partial charge in [0.1, 0.15) is 11.3 Å². The molecule has 0 saturated carbocycles. The normalized spacial score (nSPS) is 12.1. The summed E-state index contributed by atoms with van der Waals surface area (Å²) in [5.74, 6) is 0. The lowest BCUT2D eigenvalue weighted by Crippen LogP contribution is -2.22. The van der Waals surface area contributed by atoms with Gasteiger partial charge < -0.3 is 4.74 Å². The van der Waals surface area contributed by atoms with E-state index in [4.69, 9.17) is 16.3 Å². The van der Waals surface area contributed by atoms with Gasteiger partial charge in [0.25, 0.3) is 0 Å². The minimum atomic E-state index is -0.991. The highest BCUT2D eigenvalue weighted by molar-refractivity contribution is 9.10. The molecule has 0 spiro atoms. The van der Waals surface area contributed by atoms with Gasteiger partial charge >= 0.3 is 0 Å². The minimum absolute atomic E-state index is 0.468. The Morgan fingerprint density at radius 3 is 2.67 bits per heavy atom. The van der Waals surface area contributed by atoms with Crippen molar-refractivity contribution in [2.24, 2.45) is 0 Å². The number of rotatable bonds is 5. The van der Waals surface area contributed by atoms with Gasteiger partial charge in [0.05, 0.1) is 5.02 Å². The van der Waals surface area contributed by atoms with E-state index in [0.29, 0.717) is 16.4 Å². The summed E-state index contributed by atoms with van der Waals surface area (Å²) >= 11 is 9.08. The van der Waals surface area contributed by atoms with Crippen LogP contribution in [0.3, 0.4) is 0 Å². The molecule has 0 unspecified atom stereocenters. The molecule has 0 saturated heterocycles. The summed E-state index contributed by atoms with van der Waals surface area (Å²) in [7, 11) is -0.991. The lowest BCUT2D eigenvalue weighted by atomic mass is 10.7. The molecule has 0 atom stereocenters. The van der Waals surface area contributed by atoms with Gasteiger partial charge in [0.15, 0.2) is 0 Å². The van der Waals surface area contributed by atoms with Crippen molar-refractivity contribution in [3.05, 3.63) is 15.8 Å². The smallest absolute Gasteiger partial charge is 0.146 e. The molecule has 0 aliphatic carbocycles. The number of aromatic nitrogens is 2. The zero-order valence-electron chi connectivity index (χ0n) is 9.26. The molecule has 1 aromatic heterocycles. The van der Waals surface area contributed by atoms with Crippen molar-refractivity contribution in [3.8, 4) is 0 Å². The third-order valence-electron chi connectivity index (χ3n) is 1.90. The Balaban J connectivity index is 2.26. The van der Waals surface area contributed by atoms with Crippen molar-refractivity contribution in [1.29, 1.82) is 0 Å². The van der Waals surface area contributed by atoms with Gasteiger partial charge in [-0.15, -0.1) is 0 Å². The van der Waals surface area contributed by atoms with E-state index in [1.807, 2.05) is 0 Å². The molecule has 1 heterocycles. The van der Waals surface area contributed by atoms with E-state index < -0.39 is 8.07 Å². The molecule has 6 heteroatoms. The van der Waals surface area contributed by atoms with E-state index in [-0.39, 0.29) is 0 Å². The van der Waals surface area contributed by atoms with Crippen LogP contribution < -0.4 is 0 Å². The van der Waals surface area contributed by atoms with Crippen LogP contribution in [0.5, 0.6) is 0 Å². The van der Waals surface area contributed by atoms with Gasteiger partial charge in [0, 0.05) is 20.9 Å². The van der Waals surface area contributed by atoms with E-state index in [1.165, 1.54) is 6.04 Å². The second-order valence-corrected chi connectivity index (χ2v) is 11.4. The standard InChI is InChI=1S/C9H16BrClN2OSi/c1-15(2,3)5-4-14-7-13-6-8(11)9(10)12-13/h6H,4-5,7H2,1-3H3. The molecule has 0 aliphatic heterocycles. The molecule has 0 aliphatic rings. The second-order valence-electron chi connectivity index (χ2n) is 4.66. The first kappa shape index (κ1) is 13.2. The van der Waals surface area contributed by atoms with Crippen LogP contribution in [0.25, 0.3) is 0 Å². The summed E-state index contributed by atoms with van der Waals surface area (Å²) in [5.41, 5.74) is 0. The molecule has 1 aromatic rings. The van der Waals surface area contributed by atoms with Crippen LogP contribution in [0.1, 0.15) is 0 Å². The molecule has 3 nitrogen and oxygen atoms in total. The highest BCUT2D eigenvalue weighted by Gasteiger charge is 2.12. The van der Waals surface area contributed by atoms with Crippen molar-refractivity contribution in [1.82, 2.24) is 9.78 Å². The van der Waals surface area contributed by atoms with Crippen LogP contribution in [0.2, 0.25) is 30.7 Å². The first-order valence-electron chi connectivity index (χ1n) is 4.85. The molecule has 0 radical (unpaired) electrons. The third-order valence-corrected chi connectivity index (χ3v) is 4.69. The Kier molecular flexibility index (Phi) is 4.83. The lowest BCUT2D eigenvalue weighted by Gasteiger charge is -2.15. The molecule has 0 fully saturated rings. The first-order valence-corrected chi connectivity index (χ1v) is 9.72. The molecular weight excluding hydrogens is 296 g/mol. The molecule has 86 valence electrons. The minimum Gasteiger partial charge on any atom is -0.360 e. The van der Waals surface area contributed by atoms with Crippen molar-refractivity contribution in [3.63, 3.8) is 0 Å². The number of nitrogens with zero attached hydrogens (tertiary/aromatic N) is 2. The Morgan fingerprint density at radius 1 is 1.53 bits per heavy atom. The van der Waals surface area contributed by atoms with Crippen LogP contribution in [0.4, 0.5) is 0 Å². The zero-order valence-corrected chi connectivity index (χ0v) is 12.6. The maximum Gasteiger partial charge on any atom is 0.146 e. The van der Waals surface area contributed by atoms with E-state index in [2.05, 4.69) is 40.7 Å². The average molecular weight is 312 g/mol. The van der Waals surface area contributed by atoms with Crippen molar-refractivity contribution in [2.45, 2.75) is 32.4 Å². The van der Waals surface area contributed by atoms with Gasteiger partial charge in [-0.1, -0.05) is 31.2 Å². The van der Waals surface area contributed by atoms with E-state index in [9.17, 15) is 0 Å². The highest BCUT2D eigenvalue weighted by Crippen LogP contribution is 2.19. The summed E-state index contributed by atoms with van der Waals surface area (Å²) in [5, 5.41) is 4.75. The number of halogens is 2. The van der Waals surface area contributed by atoms with Crippen molar-refractivity contribution < 1.29 is 4.74 Å². The number of ether oxygens (including phenoxy) is 1. The van der Waals surface area contributed by atoms with Crippen LogP contribution in [-0.4, -0.2) is 24.5 Å². The molecule has 0 amide bonds. The van der Waals surface area contributed by atoms with Gasteiger partial charge in [-0.05, 0) is 22.0 Å². The van der Waals surface area contributed by atoms with E-state index >= 15 is 0 Å². The van der Waals surface area contributed by atoms with Crippen molar-refractivity contribution >= 4 is 35.6 Å². The maximum atomic E-state index is 5.84. The summed E-state index contributed by atoms with van der Waals surface area (Å²) < 4.78 is 7.88. The van der Waals surface area contributed by atoms with Crippen LogP contribution in [0, 0.1) is 0 Å². The topological polar surface area (TPSA) is 27.1 Å². The highest BCUT2D eigenvalue weighted by atomic mass is 79.9. The average Bonchev–Trinajstić information content (AvgIpc) is 2.39. The molecular formula is C9H16BrClN2OSi. The largest absolute Gasteiger partial charge is 0.360 e. The van der Waals surface area contributed by atoms with Crippen LogP contribution >= 0.6 is 27.5 Å². The summed E-state index contributed by atoms with van der Waals surface area (Å²) in [6, 6.07) is 1.17. The van der Waals surface area contributed by atoms with E-state index in [0.717, 1.165) is 6.61 Å². The van der Waals surface area contributed by atoms with Crippen LogP contribution in [-0.2, 0) is 11.5 Å². The van der Waals surface area contributed by atoms with Crippen molar-refractivity contribution in [2.75, 3.05) is 6.61 Å². The fraction of sp³-hybridized carbons (Fsp3) is 0.667. The zero-order chi connectivity index (χ0) is 11.5. The van der Waals surface area contributed by atoms with Crippen LogP contribution in [0.15, 0.2) is 10.8 Å². The van der Waals surface area contributed by atoms with Gasteiger partial charge in [0.2, 0.25) is 0 Å². The quantitative estimate of drug-likeness (QED) is 0.613. The predicted molar refractivity (Wildman–Crippen MR) is 69.0 cm³/mol. The Labute approximate surface area is 105 Å². The van der Waals surface area contributed by atoms with Gasteiger partial charge in [-0.3, -0.25) is 0 Å². The second kappa shape index (κ2) is 5.47. The van der Waals surface area contributed by atoms with E-state index in [1.54, 1.807) is 10.9 Å². The van der Waals surface area contributed by atoms with Gasteiger partial charge in [-0.2, -0.15) is 5.10 Å². The Bertz CT molecular complexity index is 305. The van der Waals surface area contributed by atoms with Gasteiger partial charge in [-0.25, -0.2) is 4.68 Å². The third kappa shape index (κ3) is 5.15. The predicted octanol–water partition coefficient (Wildman–Crippen LogP) is 3.61. The Morgan fingerprint density at radius 2 is 2.20 bits per heavy atom. The number of hydrogen-bond acceptors (Lipinski definition) is 2. The Hall–Kier alpha value is 0.157. The molecule has 0 N–H and O–H groups in total. The molecule has 15 heavy (non-hydrogen) atoms. The SMILES string of the molecule is C[Si](C)(C)CCOCn1cc(Cl)c(Br)n1. The lowest BCUT2D eigenvalue weighted by molar-refractivity contribution is 0.0784.